The van der Waals surface area contributed by atoms with Crippen molar-refractivity contribution in [2.24, 2.45) is 4.99 Å². The number of carbonyl (C=O) groups is 5. The average molecular weight is 961 g/mol. The maximum Gasteiger partial charge on any atom is 0.318 e. The minimum atomic E-state index is -0.898. The molecule has 9 rings (SSSR count). The van der Waals surface area contributed by atoms with Gasteiger partial charge in [-0.1, -0.05) is 109 Å². The van der Waals surface area contributed by atoms with Crippen molar-refractivity contribution in [3.05, 3.63) is 138 Å². The van der Waals surface area contributed by atoms with Crippen LogP contribution < -0.4 is 16.0 Å². The Labute approximate surface area is 417 Å². The number of nitrogens with zero attached hydrogens (tertiary/aromatic N) is 7. The van der Waals surface area contributed by atoms with Crippen molar-refractivity contribution in [3.63, 3.8) is 0 Å². The fourth-order valence-electron chi connectivity index (χ4n) is 10.5. The molecule has 0 bridgehead atoms. The third-order valence-electron chi connectivity index (χ3n) is 14.9. The van der Waals surface area contributed by atoms with Gasteiger partial charge in [0.2, 0.25) is 11.8 Å². The van der Waals surface area contributed by atoms with E-state index in [1.807, 2.05) is 90.9 Å². The van der Waals surface area contributed by atoms with Crippen molar-refractivity contribution in [2.75, 3.05) is 79.5 Å². The van der Waals surface area contributed by atoms with Gasteiger partial charge < -0.3 is 45.3 Å². The van der Waals surface area contributed by atoms with Gasteiger partial charge in [0, 0.05) is 83.9 Å². The van der Waals surface area contributed by atoms with Crippen molar-refractivity contribution < 1.29 is 24.0 Å². The van der Waals surface area contributed by atoms with Gasteiger partial charge in [-0.3, -0.25) is 19.4 Å². The molecule has 5 heterocycles. The largest absolute Gasteiger partial charge is 0.350 e. The molecule has 15 nitrogen and oxygen atoms in total. The molecular formula is C56H68N10O5. The van der Waals surface area contributed by atoms with Gasteiger partial charge in [-0.15, -0.1) is 0 Å². The summed E-state index contributed by atoms with van der Waals surface area (Å²) in [5.41, 5.74) is 7.82. The first kappa shape index (κ1) is 49.2. The molecule has 3 N–H and O–H groups in total. The molecule has 372 valence electrons. The van der Waals surface area contributed by atoms with E-state index in [1.54, 1.807) is 14.7 Å². The third-order valence-corrected chi connectivity index (χ3v) is 14.9. The van der Waals surface area contributed by atoms with E-state index in [0.717, 1.165) is 97.4 Å². The van der Waals surface area contributed by atoms with Crippen LogP contribution in [0.2, 0.25) is 0 Å². The number of urea groups is 2. The molecular weight excluding hydrogens is 893 g/mol. The van der Waals surface area contributed by atoms with Crippen molar-refractivity contribution in [3.8, 4) is 11.1 Å². The predicted octanol–water partition coefficient (Wildman–Crippen LogP) is 6.31. The summed E-state index contributed by atoms with van der Waals surface area (Å²) in [6, 6.07) is 32.6. The SMILES string of the molecule is CN1CCN(C(=O)NC(C(=O)N2CCCC2C(=O)NCc2ccc(-c3ccc(C4=CN=C(C5CCCN5C(=O)C(NC(=O)N5CCN(C)CC5)c5ccccc5)CCC4)cc3)cc2)c2ccccc2)CC1. The molecule has 4 unspecified atom stereocenters. The quantitative estimate of drug-likeness (QED) is 0.151. The fraction of sp³-hybridized carbons (Fsp3) is 0.429. The van der Waals surface area contributed by atoms with Crippen LogP contribution in [0.3, 0.4) is 0 Å². The van der Waals surface area contributed by atoms with Crippen LogP contribution in [0.15, 0.2) is 120 Å². The Morgan fingerprint density at radius 2 is 1.04 bits per heavy atom. The maximum absolute atomic E-state index is 14.4. The number of nitrogens with one attached hydrogen (secondary N) is 3. The number of piperazine rings is 2. The lowest BCUT2D eigenvalue weighted by Crippen LogP contribution is -2.54. The zero-order valence-corrected chi connectivity index (χ0v) is 41.2. The summed E-state index contributed by atoms with van der Waals surface area (Å²) in [6.45, 7) is 6.97. The number of likely N-dealkylation sites (N-methyl/N-ethyl adjacent to an activating group) is 2. The number of rotatable bonds is 12. The van der Waals surface area contributed by atoms with E-state index >= 15 is 0 Å². The molecule has 4 atom stereocenters. The Morgan fingerprint density at radius 1 is 0.549 bits per heavy atom. The van der Waals surface area contributed by atoms with Crippen LogP contribution in [0.1, 0.15) is 79.3 Å². The smallest absolute Gasteiger partial charge is 0.318 e. The number of hydrogen-bond acceptors (Lipinski definition) is 8. The Hall–Kier alpha value is -6.84. The summed E-state index contributed by atoms with van der Waals surface area (Å²) in [5.74, 6) is -0.570. The zero-order valence-electron chi connectivity index (χ0n) is 41.2. The van der Waals surface area contributed by atoms with Crippen LogP contribution in [0, 0.1) is 0 Å². The maximum atomic E-state index is 14.4. The van der Waals surface area contributed by atoms with Crippen LogP contribution in [-0.4, -0.2) is 157 Å². The molecule has 0 aliphatic carbocycles. The molecule has 15 heteroatoms. The zero-order chi connectivity index (χ0) is 49.3. The molecule has 4 aromatic rings. The predicted molar refractivity (Wildman–Crippen MR) is 276 cm³/mol. The Morgan fingerprint density at radius 3 is 1.61 bits per heavy atom. The number of aliphatic imine (C=N–C) groups is 1. The third kappa shape index (κ3) is 11.9. The van der Waals surface area contributed by atoms with Crippen LogP contribution in [0.5, 0.6) is 0 Å². The monoisotopic (exact) mass is 961 g/mol. The van der Waals surface area contributed by atoms with Crippen molar-refractivity contribution in [2.45, 2.75) is 75.7 Å². The van der Waals surface area contributed by atoms with Gasteiger partial charge in [-0.25, -0.2) is 9.59 Å². The van der Waals surface area contributed by atoms with Crippen molar-refractivity contribution in [1.29, 1.82) is 0 Å². The lowest BCUT2D eigenvalue weighted by Gasteiger charge is -2.35. The molecule has 0 spiro atoms. The highest BCUT2D eigenvalue weighted by Gasteiger charge is 2.40. The van der Waals surface area contributed by atoms with Crippen LogP contribution in [0.25, 0.3) is 16.7 Å². The summed E-state index contributed by atoms with van der Waals surface area (Å²) >= 11 is 0. The number of allylic oxidation sites excluding steroid dienone is 1. The summed E-state index contributed by atoms with van der Waals surface area (Å²) in [7, 11) is 4.08. The molecule has 0 aromatic heterocycles. The van der Waals surface area contributed by atoms with Gasteiger partial charge in [0.25, 0.3) is 5.91 Å². The number of carbonyl (C=O) groups excluding carboxylic acids is 5. The topological polar surface area (TPSA) is 153 Å². The van der Waals surface area contributed by atoms with E-state index in [9.17, 15) is 24.0 Å². The number of likely N-dealkylation sites (tertiary alicyclic amines) is 2. The minimum Gasteiger partial charge on any atom is -0.350 e. The standard InChI is InChI=1S/C56H68N10O5/c1-61-30-34-63(35-31-61)55(70)59-50(44-12-5-3-6-13-44)53(68)65-28-10-18-48(65)47-17-9-16-46(39-57-47)43-26-24-42(25-27-43)41-22-20-40(21-23-41)38-58-52(67)49-19-11-29-66(49)54(69)51(45-14-7-4-8-15-45)60-56(71)64-36-32-62(2)33-37-64/h3-8,12-15,20-27,39,48-51H,9-11,16-19,28-38H2,1-2H3,(H,58,67)(H,59,70)(H,60,71). The highest BCUT2D eigenvalue weighted by molar-refractivity contribution is 5.97. The van der Waals surface area contributed by atoms with Gasteiger partial charge in [0.15, 0.2) is 0 Å². The molecule has 5 aliphatic rings. The van der Waals surface area contributed by atoms with E-state index in [-0.39, 0.29) is 35.8 Å². The second kappa shape index (κ2) is 22.9. The molecule has 4 fully saturated rings. The Balaban J connectivity index is 0.802. The molecule has 7 amide bonds. The molecule has 0 saturated carbocycles. The first-order chi connectivity index (χ1) is 34.6. The van der Waals surface area contributed by atoms with Crippen molar-refractivity contribution >= 4 is 41.1 Å². The number of benzene rings is 4. The van der Waals surface area contributed by atoms with Gasteiger partial charge in [0.05, 0.1) is 6.04 Å². The molecule has 4 saturated heterocycles. The van der Waals surface area contributed by atoms with Gasteiger partial charge in [-0.2, -0.15) is 0 Å². The van der Waals surface area contributed by atoms with Gasteiger partial charge >= 0.3 is 12.1 Å². The highest BCUT2D eigenvalue weighted by atomic mass is 16.2. The van der Waals surface area contributed by atoms with Crippen LogP contribution >= 0.6 is 0 Å². The first-order valence-corrected chi connectivity index (χ1v) is 25.5. The first-order valence-electron chi connectivity index (χ1n) is 25.5. The highest BCUT2D eigenvalue weighted by Crippen LogP contribution is 2.32. The minimum absolute atomic E-state index is 0.0898. The van der Waals surface area contributed by atoms with E-state index < -0.39 is 18.1 Å². The molecule has 5 aliphatic heterocycles. The van der Waals surface area contributed by atoms with E-state index in [1.165, 1.54) is 0 Å². The number of amides is 7. The lowest BCUT2D eigenvalue weighted by atomic mass is 9.96. The van der Waals surface area contributed by atoms with E-state index in [2.05, 4.69) is 69.2 Å². The van der Waals surface area contributed by atoms with E-state index in [0.29, 0.717) is 64.2 Å². The molecule has 4 aromatic carbocycles. The second-order valence-corrected chi connectivity index (χ2v) is 19.7. The molecule has 71 heavy (non-hydrogen) atoms. The summed E-state index contributed by atoms with van der Waals surface area (Å²) < 4.78 is 0. The van der Waals surface area contributed by atoms with Crippen LogP contribution in [-0.2, 0) is 20.9 Å². The molecule has 0 radical (unpaired) electrons. The van der Waals surface area contributed by atoms with Gasteiger partial charge in [0.1, 0.15) is 18.1 Å². The lowest BCUT2D eigenvalue weighted by molar-refractivity contribution is -0.140. The number of hydrogen-bond donors (Lipinski definition) is 3. The second-order valence-electron chi connectivity index (χ2n) is 19.7. The van der Waals surface area contributed by atoms with Gasteiger partial charge in [-0.05, 0) is 98.0 Å². The summed E-state index contributed by atoms with van der Waals surface area (Å²) in [6.07, 6.45) is 7.56. The van der Waals surface area contributed by atoms with Crippen LogP contribution in [0.4, 0.5) is 9.59 Å². The van der Waals surface area contributed by atoms with E-state index in [4.69, 9.17) is 4.99 Å². The average Bonchev–Trinajstić information content (AvgIpc) is 4.05. The Bertz CT molecular complexity index is 2560. The summed E-state index contributed by atoms with van der Waals surface area (Å²) in [5, 5.41) is 9.19. The normalized spacial score (nSPS) is 20.9. The van der Waals surface area contributed by atoms with Crippen molar-refractivity contribution in [1.82, 2.24) is 45.3 Å². The summed E-state index contributed by atoms with van der Waals surface area (Å²) in [4.78, 5) is 85.8. The fourth-order valence-corrected chi connectivity index (χ4v) is 10.5. The Kier molecular flexibility index (Phi) is 15.9.